The van der Waals surface area contributed by atoms with E-state index in [1.165, 1.54) is 0 Å². The fourth-order valence-corrected chi connectivity index (χ4v) is 3.02. The number of piperazine rings is 1. The zero-order chi connectivity index (χ0) is 18.9. The summed E-state index contributed by atoms with van der Waals surface area (Å²) in [5, 5.41) is 10.9. The number of halogens is 1. The van der Waals surface area contributed by atoms with Crippen molar-refractivity contribution in [2.24, 2.45) is 12.0 Å². The quantitative estimate of drug-likeness (QED) is 0.330. The van der Waals surface area contributed by atoms with Crippen molar-refractivity contribution in [2.75, 3.05) is 50.7 Å². The van der Waals surface area contributed by atoms with Crippen molar-refractivity contribution in [1.82, 2.24) is 35.3 Å². The van der Waals surface area contributed by atoms with Crippen molar-refractivity contribution in [3.05, 3.63) is 36.4 Å². The van der Waals surface area contributed by atoms with E-state index in [4.69, 9.17) is 0 Å². The van der Waals surface area contributed by atoms with Gasteiger partial charge < -0.3 is 15.5 Å². The lowest BCUT2D eigenvalue weighted by Gasteiger charge is -2.34. The fraction of sp³-hybridized carbons (Fsp3) is 0.556. The molecule has 0 spiro atoms. The Kier molecular flexibility index (Phi) is 9.41. The minimum atomic E-state index is 0. The van der Waals surface area contributed by atoms with Gasteiger partial charge in [-0.25, -0.2) is 15.0 Å². The molecule has 10 heteroatoms. The summed E-state index contributed by atoms with van der Waals surface area (Å²) in [5.41, 5.74) is 1.09. The van der Waals surface area contributed by atoms with Gasteiger partial charge in [0.25, 0.3) is 0 Å². The molecule has 154 valence electrons. The first-order valence-corrected chi connectivity index (χ1v) is 9.49. The molecule has 0 atom stereocenters. The zero-order valence-electron chi connectivity index (χ0n) is 16.6. The molecule has 1 fully saturated rings. The summed E-state index contributed by atoms with van der Waals surface area (Å²) in [5.74, 6) is 1.67. The van der Waals surface area contributed by atoms with Gasteiger partial charge >= 0.3 is 0 Å². The Bertz CT molecular complexity index is 711. The number of anilines is 1. The Morgan fingerprint density at radius 2 is 1.86 bits per heavy atom. The first-order valence-electron chi connectivity index (χ1n) is 9.49. The summed E-state index contributed by atoms with van der Waals surface area (Å²) in [6.07, 6.45) is 5.39. The van der Waals surface area contributed by atoms with Crippen LogP contribution >= 0.6 is 24.0 Å². The summed E-state index contributed by atoms with van der Waals surface area (Å²) in [6, 6.07) is 3.84. The average molecular weight is 499 g/mol. The van der Waals surface area contributed by atoms with Crippen molar-refractivity contribution in [2.45, 2.75) is 13.5 Å². The molecule has 0 aromatic carbocycles. The Hall–Kier alpha value is -1.95. The molecule has 2 aromatic heterocycles. The van der Waals surface area contributed by atoms with E-state index in [1.807, 2.05) is 23.9 Å². The lowest BCUT2D eigenvalue weighted by Crippen LogP contribution is -2.49. The highest BCUT2D eigenvalue weighted by Gasteiger charge is 2.18. The van der Waals surface area contributed by atoms with E-state index in [0.29, 0.717) is 6.54 Å². The number of aryl methyl sites for hydroxylation is 1. The molecule has 0 amide bonds. The Morgan fingerprint density at radius 1 is 1.11 bits per heavy atom. The molecule has 2 aromatic rings. The molecule has 9 nitrogen and oxygen atoms in total. The van der Waals surface area contributed by atoms with Crippen LogP contribution in [0.1, 0.15) is 12.6 Å². The molecule has 0 unspecified atom stereocenters. The number of guanidine groups is 1. The lowest BCUT2D eigenvalue weighted by molar-refractivity contribution is 0.260. The van der Waals surface area contributed by atoms with Crippen molar-refractivity contribution < 1.29 is 0 Å². The molecule has 1 saturated heterocycles. The first-order chi connectivity index (χ1) is 13.3. The maximum atomic E-state index is 4.64. The zero-order valence-corrected chi connectivity index (χ0v) is 18.9. The topological polar surface area (TPSA) is 86.5 Å². The van der Waals surface area contributed by atoms with Gasteiger partial charge in [0.15, 0.2) is 5.96 Å². The summed E-state index contributed by atoms with van der Waals surface area (Å²) < 4.78 is 1.85. The van der Waals surface area contributed by atoms with Crippen LogP contribution in [0.2, 0.25) is 0 Å². The van der Waals surface area contributed by atoms with Gasteiger partial charge in [0.2, 0.25) is 5.95 Å². The third-order valence-corrected chi connectivity index (χ3v) is 4.59. The molecule has 0 aliphatic carbocycles. The Labute approximate surface area is 183 Å². The van der Waals surface area contributed by atoms with Crippen molar-refractivity contribution >= 4 is 35.9 Å². The fourth-order valence-electron chi connectivity index (χ4n) is 3.02. The third-order valence-electron chi connectivity index (χ3n) is 4.59. The highest BCUT2D eigenvalue weighted by Crippen LogP contribution is 2.09. The maximum Gasteiger partial charge on any atom is 0.225 e. The van der Waals surface area contributed by atoms with Gasteiger partial charge in [-0.1, -0.05) is 0 Å². The van der Waals surface area contributed by atoms with E-state index in [1.54, 1.807) is 18.6 Å². The van der Waals surface area contributed by atoms with Gasteiger partial charge in [-0.05, 0) is 19.1 Å². The molecule has 0 saturated carbocycles. The summed E-state index contributed by atoms with van der Waals surface area (Å²) >= 11 is 0. The number of nitrogens with zero attached hydrogens (tertiary/aromatic N) is 7. The molecule has 2 N–H and O–H groups in total. The predicted molar refractivity (Wildman–Crippen MR) is 122 cm³/mol. The monoisotopic (exact) mass is 499 g/mol. The van der Waals surface area contributed by atoms with Crippen LogP contribution in [0.4, 0.5) is 5.95 Å². The summed E-state index contributed by atoms with van der Waals surface area (Å²) in [7, 11) is 1.94. The maximum absolute atomic E-state index is 4.64. The Morgan fingerprint density at radius 3 is 2.50 bits per heavy atom. The van der Waals surface area contributed by atoms with Gasteiger partial charge in [-0.3, -0.25) is 9.58 Å². The molecule has 3 heterocycles. The van der Waals surface area contributed by atoms with E-state index >= 15 is 0 Å². The molecule has 0 radical (unpaired) electrons. The van der Waals surface area contributed by atoms with Gasteiger partial charge in [0, 0.05) is 71.5 Å². The van der Waals surface area contributed by atoms with Gasteiger partial charge in [0.1, 0.15) is 0 Å². The molecule has 0 bridgehead atoms. The van der Waals surface area contributed by atoms with Crippen molar-refractivity contribution in [3.63, 3.8) is 0 Å². The lowest BCUT2D eigenvalue weighted by atomic mass is 10.3. The van der Waals surface area contributed by atoms with Crippen molar-refractivity contribution in [1.29, 1.82) is 0 Å². The number of nitrogens with one attached hydrogen (secondary N) is 2. The minimum Gasteiger partial charge on any atom is -0.357 e. The standard InChI is InChI=1S/C18H29N9.HI/c1-3-19-17(23-15-16-5-8-24-25(16)2)20-9-10-26-11-13-27(14-12-26)18-21-6-4-7-22-18;/h4-8H,3,9-15H2,1-2H3,(H2,19,20,23);1H. The van der Waals surface area contributed by atoms with E-state index in [2.05, 4.69) is 47.4 Å². The summed E-state index contributed by atoms with van der Waals surface area (Å²) in [4.78, 5) is 18.0. The molecule has 28 heavy (non-hydrogen) atoms. The first kappa shape index (κ1) is 22.3. The van der Waals surface area contributed by atoms with E-state index in [0.717, 1.165) is 63.4 Å². The van der Waals surface area contributed by atoms with Crippen LogP contribution in [-0.2, 0) is 13.6 Å². The van der Waals surface area contributed by atoms with Crippen LogP contribution in [0.5, 0.6) is 0 Å². The van der Waals surface area contributed by atoms with Crippen LogP contribution in [0.15, 0.2) is 35.7 Å². The second-order valence-corrected chi connectivity index (χ2v) is 6.45. The third kappa shape index (κ3) is 6.59. The SMILES string of the molecule is CCNC(=NCc1ccnn1C)NCCN1CCN(c2ncccn2)CC1.I. The van der Waals surface area contributed by atoms with Crippen LogP contribution < -0.4 is 15.5 Å². The number of hydrogen-bond donors (Lipinski definition) is 2. The number of aliphatic imine (C=N–C) groups is 1. The predicted octanol–water partition coefficient (Wildman–Crippen LogP) is 0.705. The molecular weight excluding hydrogens is 469 g/mol. The molecule has 3 rings (SSSR count). The average Bonchev–Trinajstić information content (AvgIpc) is 3.12. The number of hydrogen-bond acceptors (Lipinski definition) is 6. The van der Waals surface area contributed by atoms with Crippen LogP contribution in [0, 0.1) is 0 Å². The second kappa shape index (κ2) is 11.8. The Balaban J connectivity index is 0.00000280. The molecule has 1 aliphatic heterocycles. The smallest absolute Gasteiger partial charge is 0.225 e. The van der Waals surface area contributed by atoms with E-state index < -0.39 is 0 Å². The summed E-state index contributed by atoms with van der Waals surface area (Å²) in [6.45, 7) is 9.32. The normalized spacial score (nSPS) is 15.2. The van der Waals surface area contributed by atoms with E-state index in [-0.39, 0.29) is 24.0 Å². The number of aromatic nitrogens is 4. The largest absolute Gasteiger partial charge is 0.357 e. The minimum absolute atomic E-state index is 0. The van der Waals surface area contributed by atoms with Crippen LogP contribution in [0.25, 0.3) is 0 Å². The second-order valence-electron chi connectivity index (χ2n) is 6.45. The van der Waals surface area contributed by atoms with E-state index in [9.17, 15) is 0 Å². The van der Waals surface area contributed by atoms with Gasteiger partial charge in [-0.15, -0.1) is 24.0 Å². The van der Waals surface area contributed by atoms with Crippen LogP contribution in [0.3, 0.4) is 0 Å². The van der Waals surface area contributed by atoms with Crippen molar-refractivity contribution in [3.8, 4) is 0 Å². The molecular formula is C18H30IN9. The highest BCUT2D eigenvalue weighted by atomic mass is 127. The highest BCUT2D eigenvalue weighted by molar-refractivity contribution is 14.0. The number of rotatable bonds is 7. The van der Waals surface area contributed by atoms with Gasteiger partial charge in [0.05, 0.1) is 12.2 Å². The van der Waals surface area contributed by atoms with Crippen LogP contribution in [-0.4, -0.2) is 76.4 Å². The van der Waals surface area contributed by atoms with Gasteiger partial charge in [-0.2, -0.15) is 5.10 Å². The molecule has 1 aliphatic rings.